The van der Waals surface area contributed by atoms with E-state index in [1.165, 1.54) is 12.1 Å². The zero-order valence-electron chi connectivity index (χ0n) is 11.9. The van der Waals surface area contributed by atoms with E-state index in [9.17, 15) is 18.7 Å². The first-order valence-electron chi connectivity index (χ1n) is 6.63. The van der Waals surface area contributed by atoms with Crippen LogP contribution in [0, 0.1) is 17.6 Å². The van der Waals surface area contributed by atoms with E-state index < -0.39 is 29.4 Å². The van der Waals surface area contributed by atoms with Crippen molar-refractivity contribution in [1.29, 1.82) is 0 Å². The van der Waals surface area contributed by atoms with Crippen LogP contribution < -0.4 is 0 Å². The molecular weight excluding hydrogens is 264 g/mol. The summed E-state index contributed by atoms with van der Waals surface area (Å²) in [5, 5.41) is 9.35. The van der Waals surface area contributed by atoms with Gasteiger partial charge < -0.3 is 5.11 Å². The third kappa shape index (κ3) is 2.82. The van der Waals surface area contributed by atoms with Crippen LogP contribution >= 0.6 is 0 Å². The molecule has 0 radical (unpaired) electrons. The highest BCUT2D eigenvalue weighted by Crippen LogP contribution is 2.37. The number of nitrogens with zero attached hydrogens (tertiary/aromatic N) is 1. The number of aliphatic carboxylic acids is 1. The predicted molar refractivity (Wildman–Crippen MR) is 71.6 cm³/mol. The maximum Gasteiger partial charge on any atom is 0.308 e. The average molecular weight is 283 g/mol. The van der Waals surface area contributed by atoms with E-state index >= 15 is 0 Å². The molecule has 3 nitrogen and oxygen atoms in total. The van der Waals surface area contributed by atoms with E-state index in [0.717, 1.165) is 6.07 Å². The largest absolute Gasteiger partial charge is 0.481 e. The number of likely N-dealkylation sites (tertiary alicyclic amines) is 1. The third-order valence-corrected chi connectivity index (χ3v) is 3.95. The summed E-state index contributed by atoms with van der Waals surface area (Å²) in [6.07, 6.45) is 0. The first kappa shape index (κ1) is 14.9. The Labute approximate surface area is 117 Å². The van der Waals surface area contributed by atoms with Crippen LogP contribution in [0.5, 0.6) is 0 Å². The SMILES string of the molecule is CC(C)(C)N1CC(C(=O)O)[C@H](c2ccc(F)cc2F)C1. The van der Waals surface area contributed by atoms with Crippen molar-refractivity contribution >= 4 is 5.97 Å². The predicted octanol–water partition coefficient (Wildman–Crippen LogP) is 2.86. The van der Waals surface area contributed by atoms with Crippen molar-refractivity contribution < 1.29 is 18.7 Å². The van der Waals surface area contributed by atoms with E-state index in [1.807, 2.05) is 25.7 Å². The van der Waals surface area contributed by atoms with Gasteiger partial charge in [-0.1, -0.05) is 6.07 Å². The molecule has 1 aromatic carbocycles. The van der Waals surface area contributed by atoms with Crippen LogP contribution in [-0.2, 0) is 4.79 Å². The molecule has 1 N–H and O–H groups in total. The highest BCUT2D eigenvalue weighted by atomic mass is 19.1. The molecule has 1 heterocycles. The second-order valence-electron chi connectivity index (χ2n) is 6.29. The monoisotopic (exact) mass is 283 g/mol. The Kier molecular flexibility index (Phi) is 3.82. The van der Waals surface area contributed by atoms with Gasteiger partial charge in [-0.05, 0) is 32.4 Å². The van der Waals surface area contributed by atoms with Gasteiger partial charge in [0.2, 0.25) is 0 Å². The number of carboxylic acid groups (broad SMARTS) is 1. The standard InChI is InChI=1S/C15H19F2NO2/c1-15(2,3)18-7-11(12(8-18)14(19)20)10-5-4-9(16)6-13(10)17/h4-6,11-12H,7-8H2,1-3H3,(H,19,20)/t11-,12?/m0/s1. The fourth-order valence-corrected chi connectivity index (χ4v) is 2.72. The highest BCUT2D eigenvalue weighted by Gasteiger charge is 2.42. The molecule has 1 fully saturated rings. The van der Waals surface area contributed by atoms with Crippen molar-refractivity contribution in [1.82, 2.24) is 4.90 Å². The zero-order chi connectivity index (χ0) is 15.1. The second-order valence-corrected chi connectivity index (χ2v) is 6.29. The van der Waals surface area contributed by atoms with Crippen LogP contribution in [0.4, 0.5) is 8.78 Å². The number of hydrogen-bond acceptors (Lipinski definition) is 2. The van der Waals surface area contributed by atoms with Crippen molar-refractivity contribution in [3.05, 3.63) is 35.4 Å². The van der Waals surface area contributed by atoms with Crippen molar-refractivity contribution in [2.24, 2.45) is 5.92 Å². The molecule has 0 spiro atoms. The minimum Gasteiger partial charge on any atom is -0.481 e. The Balaban J connectivity index is 2.35. The molecule has 110 valence electrons. The van der Waals surface area contributed by atoms with Gasteiger partial charge in [-0.25, -0.2) is 8.78 Å². The second kappa shape index (κ2) is 5.13. The first-order valence-corrected chi connectivity index (χ1v) is 6.63. The molecule has 0 saturated carbocycles. The maximum absolute atomic E-state index is 13.9. The molecule has 2 rings (SSSR count). The van der Waals surface area contributed by atoms with Gasteiger partial charge >= 0.3 is 5.97 Å². The van der Waals surface area contributed by atoms with E-state index in [1.54, 1.807) is 0 Å². The molecule has 0 aromatic heterocycles. The Bertz CT molecular complexity index is 525. The summed E-state index contributed by atoms with van der Waals surface area (Å²) in [7, 11) is 0. The van der Waals surface area contributed by atoms with Crippen molar-refractivity contribution in [2.45, 2.75) is 32.2 Å². The smallest absolute Gasteiger partial charge is 0.308 e. The van der Waals surface area contributed by atoms with Gasteiger partial charge in [-0.3, -0.25) is 9.69 Å². The van der Waals surface area contributed by atoms with Crippen LogP contribution in [0.25, 0.3) is 0 Å². The molecular formula is C15H19F2NO2. The van der Waals surface area contributed by atoms with Crippen LogP contribution in [-0.4, -0.2) is 34.6 Å². The topological polar surface area (TPSA) is 40.5 Å². The molecule has 1 unspecified atom stereocenters. The summed E-state index contributed by atoms with van der Waals surface area (Å²) >= 11 is 0. The van der Waals surface area contributed by atoms with Gasteiger partial charge in [0.1, 0.15) is 11.6 Å². The summed E-state index contributed by atoms with van der Waals surface area (Å²) < 4.78 is 26.9. The Morgan fingerprint density at radius 3 is 2.45 bits per heavy atom. The Morgan fingerprint density at radius 1 is 1.30 bits per heavy atom. The van der Waals surface area contributed by atoms with E-state index in [0.29, 0.717) is 13.1 Å². The number of carbonyl (C=O) groups is 1. The quantitative estimate of drug-likeness (QED) is 0.907. The summed E-state index contributed by atoms with van der Waals surface area (Å²) in [5.41, 5.74) is 0.101. The molecule has 1 aliphatic rings. The Hall–Kier alpha value is -1.49. The van der Waals surface area contributed by atoms with Gasteiger partial charge in [0, 0.05) is 30.6 Å². The van der Waals surface area contributed by atoms with Gasteiger partial charge in [-0.15, -0.1) is 0 Å². The first-order chi connectivity index (χ1) is 9.20. The molecule has 2 atom stereocenters. The molecule has 1 saturated heterocycles. The third-order valence-electron chi connectivity index (χ3n) is 3.95. The van der Waals surface area contributed by atoms with Gasteiger partial charge in [-0.2, -0.15) is 0 Å². The number of carboxylic acids is 1. The maximum atomic E-state index is 13.9. The molecule has 5 heteroatoms. The molecule has 0 amide bonds. The van der Waals surface area contributed by atoms with Gasteiger partial charge in [0.15, 0.2) is 0 Å². The number of halogens is 2. The normalized spacial score (nSPS) is 24.1. The van der Waals surface area contributed by atoms with Crippen LogP contribution in [0.3, 0.4) is 0 Å². The van der Waals surface area contributed by atoms with Gasteiger partial charge in [0.25, 0.3) is 0 Å². The minimum atomic E-state index is -0.939. The zero-order valence-corrected chi connectivity index (χ0v) is 11.9. The molecule has 20 heavy (non-hydrogen) atoms. The van der Waals surface area contributed by atoms with E-state index in [2.05, 4.69) is 0 Å². The van der Waals surface area contributed by atoms with Crippen molar-refractivity contribution in [3.8, 4) is 0 Å². The van der Waals surface area contributed by atoms with E-state index in [4.69, 9.17) is 0 Å². The van der Waals surface area contributed by atoms with Crippen LogP contribution in [0.2, 0.25) is 0 Å². The Morgan fingerprint density at radius 2 is 1.95 bits per heavy atom. The van der Waals surface area contributed by atoms with Crippen molar-refractivity contribution in [3.63, 3.8) is 0 Å². The lowest BCUT2D eigenvalue weighted by Crippen LogP contribution is -2.40. The van der Waals surface area contributed by atoms with Crippen molar-refractivity contribution in [2.75, 3.05) is 13.1 Å². The lowest BCUT2D eigenvalue weighted by molar-refractivity contribution is -0.141. The van der Waals surface area contributed by atoms with Crippen LogP contribution in [0.15, 0.2) is 18.2 Å². The number of rotatable bonds is 2. The number of hydrogen-bond donors (Lipinski definition) is 1. The fourth-order valence-electron chi connectivity index (χ4n) is 2.72. The highest BCUT2D eigenvalue weighted by molar-refractivity contribution is 5.72. The molecule has 0 bridgehead atoms. The summed E-state index contributed by atoms with van der Waals surface area (Å²) in [4.78, 5) is 13.4. The fraction of sp³-hybridized carbons (Fsp3) is 0.533. The average Bonchev–Trinajstić information content (AvgIpc) is 2.73. The lowest BCUT2D eigenvalue weighted by atomic mass is 9.88. The summed E-state index contributed by atoms with van der Waals surface area (Å²) in [6.45, 7) is 6.82. The minimum absolute atomic E-state index is 0.182. The molecule has 1 aliphatic heterocycles. The molecule has 1 aromatic rings. The molecule has 0 aliphatic carbocycles. The number of benzene rings is 1. The van der Waals surface area contributed by atoms with E-state index in [-0.39, 0.29) is 11.1 Å². The summed E-state index contributed by atoms with van der Waals surface area (Å²) in [5.74, 6) is -3.38. The van der Waals surface area contributed by atoms with Crippen LogP contribution in [0.1, 0.15) is 32.3 Å². The van der Waals surface area contributed by atoms with Gasteiger partial charge in [0.05, 0.1) is 5.92 Å². The lowest BCUT2D eigenvalue weighted by Gasteiger charge is -2.31. The summed E-state index contributed by atoms with van der Waals surface area (Å²) in [6, 6.07) is 3.35.